The second-order valence-corrected chi connectivity index (χ2v) is 6.71. The molecule has 3 amide bonds. The molecule has 0 bridgehead atoms. The molecule has 9 nitrogen and oxygen atoms in total. The molecule has 0 saturated carbocycles. The van der Waals surface area contributed by atoms with Gasteiger partial charge < -0.3 is 19.5 Å². The SMILES string of the molecule is CC(NC(=O)OC(C)(C)C)C(=O)NNC(=O)C1COc2ccccc2O1. The number of hydrazine groups is 1. The molecule has 0 aliphatic carbocycles. The lowest BCUT2D eigenvalue weighted by molar-refractivity contribution is -0.135. The molecule has 0 aromatic heterocycles. The lowest BCUT2D eigenvalue weighted by atomic mass is 10.2. The molecule has 0 fully saturated rings. The first-order valence-electron chi connectivity index (χ1n) is 8.13. The van der Waals surface area contributed by atoms with E-state index in [0.29, 0.717) is 11.5 Å². The number of carbonyl (C=O) groups is 3. The maximum atomic E-state index is 12.1. The highest BCUT2D eigenvalue weighted by molar-refractivity contribution is 5.88. The summed E-state index contributed by atoms with van der Waals surface area (Å²) in [4.78, 5) is 35.7. The van der Waals surface area contributed by atoms with E-state index in [2.05, 4.69) is 16.2 Å². The number of amides is 3. The van der Waals surface area contributed by atoms with Gasteiger partial charge in [0.25, 0.3) is 11.8 Å². The Labute approximate surface area is 151 Å². The Bertz CT molecular complexity index is 685. The number of hydrogen-bond acceptors (Lipinski definition) is 6. The van der Waals surface area contributed by atoms with Gasteiger partial charge in [0, 0.05) is 0 Å². The quantitative estimate of drug-likeness (QED) is 0.685. The third-order valence-electron chi connectivity index (χ3n) is 3.24. The number of alkyl carbamates (subject to hydrolysis) is 1. The van der Waals surface area contributed by atoms with Crippen molar-refractivity contribution in [1.29, 1.82) is 0 Å². The van der Waals surface area contributed by atoms with Crippen molar-refractivity contribution in [2.45, 2.75) is 45.4 Å². The van der Waals surface area contributed by atoms with Crippen LogP contribution in [0.3, 0.4) is 0 Å². The summed E-state index contributed by atoms with van der Waals surface area (Å²) in [6.45, 7) is 6.61. The van der Waals surface area contributed by atoms with Crippen LogP contribution in [0.1, 0.15) is 27.7 Å². The number of ether oxygens (including phenoxy) is 3. The average Bonchev–Trinajstić information content (AvgIpc) is 2.57. The summed E-state index contributed by atoms with van der Waals surface area (Å²) in [5.74, 6) is -0.181. The van der Waals surface area contributed by atoms with Gasteiger partial charge in [-0.1, -0.05) is 12.1 Å². The normalized spacial score (nSPS) is 16.8. The van der Waals surface area contributed by atoms with Crippen LogP contribution in [0, 0.1) is 0 Å². The number of benzene rings is 1. The molecule has 1 aliphatic rings. The van der Waals surface area contributed by atoms with Crippen molar-refractivity contribution >= 4 is 17.9 Å². The molecule has 1 aromatic rings. The van der Waals surface area contributed by atoms with Gasteiger partial charge in [0.05, 0.1) is 0 Å². The molecule has 9 heteroatoms. The second-order valence-electron chi connectivity index (χ2n) is 6.71. The maximum absolute atomic E-state index is 12.1. The third kappa shape index (κ3) is 5.54. The number of fused-ring (bicyclic) bond motifs is 1. The molecule has 0 saturated heterocycles. The highest BCUT2D eigenvalue weighted by atomic mass is 16.6. The van der Waals surface area contributed by atoms with Crippen LogP contribution in [0.2, 0.25) is 0 Å². The number of carbonyl (C=O) groups excluding carboxylic acids is 3. The van der Waals surface area contributed by atoms with E-state index in [0.717, 1.165) is 0 Å². The topological polar surface area (TPSA) is 115 Å². The zero-order chi connectivity index (χ0) is 19.3. The Kier molecular flexibility index (Phi) is 5.91. The van der Waals surface area contributed by atoms with E-state index in [1.165, 1.54) is 6.92 Å². The van der Waals surface area contributed by atoms with Crippen molar-refractivity contribution in [2.24, 2.45) is 0 Å². The van der Waals surface area contributed by atoms with Gasteiger partial charge in [-0.3, -0.25) is 20.4 Å². The number of rotatable bonds is 3. The largest absolute Gasteiger partial charge is 0.485 e. The minimum absolute atomic E-state index is 0.0183. The Hall–Kier alpha value is -2.97. The first-order chi connectivity index (χ1) is 12.2. The van der Waals surface area contributed by atoms with E-state index in [4.69, 9.17) is 14.2 Å². The second kappa shape index (κ2) is 7.94. The number of hydrogen-bond donors (Lipinski definition) is 3. The zero-order valence-corrected chi connectivity index (χ0v) is 15.1. The van der Waals surface area contributed by atoms with Crippen LogP contribution in [0.15, 0.2) is 24.3 Å². The standard InChI is InChI=1S/C17H23N3O6/c1-10(18-16(23)26-17(2,3)4)14(21)19-20-15(22)13-9-24-11-7-5-6-8-12(11)25-13/h5-8,10,13H,9H2,1-4H3,(H,18,23)(H,19,21)(H,20,22). The van der Waals surface area contributed by atoms with Crippen molar-refractivity contribution < 1.29 is 28.6 Å². The molecule has 2 unspecified atom stereocenters. The van der Waals surface area contributed by atoms with Crippen molar-refractivity contribution in [3.05, 3.63) is 24.3 Å². The molecule has 26 heavy (non-hydrogen) atoms. The summed E-state index contributed by atoms with van der Waals surface area (Å²) in [5.41, 5.74) is 3.80. The molecule has 3 N–H and O–H groups in total. The Morgan fingerprint density at radius 2 is 1.81 bits per heavy atom. The molecular formula is C17H23N3O6. The highest BCUT2D eigenvalue weighted by Gasteiger charge is 2.28. The highest BCUT2D eigenvalue weighted by Crippen LogP contribution is 2.30. The third-order valence-corrected chi connectivity index (χ3v) is 3.24. The van der Waals surface area contributed by atoms with Gasteiger partial charge in [-0.05, 0) is 39.8 Å². The monoisotopic (exact) mass is 365 g/mol. The van der Waals surface area contributed by atoms with Gasteiger partial charge >= 0.3 is 6.09 Å². The maximum Gasteiger partial charge on any atom is 0.408 e. The van der Waals surface area contributed by atoms with Crippen molar-refractivity contribution in [3.8, 4) is 11.5 Å². The van der Waals surface area contributed by atoms with Crippen molar-refractivity contribution in [1.82, 2.24) is 16.2 Å². The van der Waals surface area contributed by atoms with Gasteiger partial charge in [-0.2, -0.15) is 0 Å². The molecule has 2 rings (SSSR count). The van der Waals surface area contributed by atoms with Gasteiger partial charge in [0.15, 0.2) is 11.5 Å². The van der Waals surface area contributed by atoms with E-state index in [1.807, 2.05) is 0 Å². The molecule has 1 aliphatic heterocycles. The van der Waals surface area contributed by atoms with Crippen molar-refractivity contribution in [3.63, 3.8) is 0 Å². The Morgan fingerprint density at radius 3 is 2.46 bits per heavy atom. The van der Waals surface area contributed by atoms with Gasteiger partial charge in [0.2, 0.25) is 6.10 Å². The summed E-state index contributed by atoms with van der Waals surface area (Å²) in [6, 6.07) is 6.06. The molecule has 142 valence electrons. The van der Waals surface area contributed by atoms with Crippen LogP contribution in [0.4, 0.5) is 4.79 Å². The molecular weight excluding hydrogens is 342 g/mol. The smallest absolute Gasteiger partial charge is 0.408 e. The van der Waals surface area contributed by atoms with Gasteiger partial charge in [0.1, 0.15) is 18.2 Å². The summed E-state index contributed by atoms with van der Waals surface area (Å²) in [7, 11) is 0. The fourth-order valence-corrected chi connectivity index (χ4v) is 2.01. The molecule has 1 heterocycles. The number of nitrogens with one attached hydrogen (secondary N) is 3. The summed E-state index contributed by atoms with van der Waals surface area (Å²) in [5, 5.41) is 2.37. The first-order valence-corrected chi connectivity index (χ1v) is 8.13. The average molecular weight is 365 g/mol. The van der Waals surface area contributed by atoms with Crippen LogP contribution in [-0.4, -0.2) is 42.3 Å². The fraction of sp³-hybridized carbons (Fsp3) is 0.471. The van der Waals surface area contributed by atoms with E-state index < -0.39 is 35.7 Å². The van der Waals surface area contributed by atoms with E-state index >= 15 is 0 Å². The fourth-order valence-electron chi connectivity index (χ4n) is 2.01. The Morgan fingerprint density at radius 1 is 1.15 bits per heavy atom. The summed E-state index contributed by atoms with van der Waals surface area (Å²) in [6.07, 6.45) is -1.63. The molecule has 0 spiro atoms. The minimum Gasteiger partial charge on any atom is -0.485 e. The zero-order valence-electron chi connectivity index (χ0n) is 15.1. The van der Waals surface area contributed by atoms with E-state index in [-0.39, 0.29) is 6.61 Å². The van der Waals surface area contributed by atoms with Crippen LogP contribution < -0.4 is 25.6 Å². The minimum atomic E-state index is -0.908. The lowest BCUT2D eigenvalue weighted by Crippen LogP contribution is -2.55. The molecule has 2 atom stereocenters. The van der Waals surface area contributed by atoms with E-state index in [9.17, 15) is 14.4 Å². The lowest BCUT2D eigenvalue weighted by Gasteiger charge is -2.26. The first kappa shape index (κ1) is 19.4. The van der Waals surface area contributed by atoms with Crippen LogP contribution in [0.5, 0.6) is 11.5 Å². The van der Waals surface area contributed by atoms with Crippen LogP contribution >= 0.6 is 0 Å². The Balaban J connectivity index is 1.78. The van der Waals surface area contributed by atoms with E-state index in [1.54, 1.807) is 45.0 Å². The van der Waals surface area contributed by atoms with Gasteiger partial charge in [-0.25, -0.2) is 4.79 Å². The summed E-state index contributed by atoms with van der Waals surface area (Å²) < 4.78 is 16.0. The van der Waals surface area contributed by atoms with Crippen molar-refractivity contribution in [2.75, 3.05) is 6.61 Å². The van der Waals surface area contributed by atoms with Crippen LogP contribution in [-0.2, 0) is 14.3 Å². The van der Waals surface area contributed by atoms with Crippen LogP contribution in [0.25, 0.3) is 0 Å². The molecule has 0 radical (unpaired) electrons. The van der Waals surface area contributed by atoms with Gasteiger partial charge in [-0.15, -0.1) is 0 Å². The number of para-hydroxylation sites is 2. The summed E-state index contributed by atoms with van der Waals surface area (Å²) >= 11 is 0. The molecule has 1 aromatic carbocycles. The predicted octanol–water partition coefficient (Wildman–Crippen LogP) is 0.887. The predicted molar refractivity (Wildman–Crippen MR) is 91.5 cm³/mol.